The first-order chi connectivity index (χ1) is 13.6. The number of benzene rings is 1. The highest BCUT2D eigenvalue weighted by Crippen LogP contribution is 2.47. The Kier molecular flexibility index (Phi) is 5.90. The largest absolute Gasteiger partial charge is 0.465 e. The third kappa shape index (κ3) is 3.31. The molecule has 3 N–H and O–H groups in total. The number of esters is 1. The SMILES string of the molecule is C=CCCNc1ncccc1C(=O)C1(C(=O)OCC)Cc2ccccc2C1N. The van der Waals surface area contributed by atoms with Crippen molar-refractivity contribution in [2.24, 2.45) is 11.1 Å². The molecular weight excluding hydrogens is 354 g/mol. The van der Waals surface area contributed by atoms with E-state index in [0.717, 1.165) is 17.5 Å². The number of fused-ring (bicyclic) bond motifs is 1. The standard InChI is InChI=1S/C22H25N3O3/c1-3-5-12-24-20-17(11-8-13-25-20)19(26)22(21(27)28-4-2)14-15-9-6-7-10-16(15)18(22)23/h3,6-11,13,18H,1,4-5,12,14,23H2,2H3,(H,24,25). The molecule has 0 radical (unpaired) electrons. The van der Waals surface area contributed by atoms with E-state index in [4.69, 9.17) is 10.5 Å². The van der Waals surface area contributed by atoms with Gasteiger partial charge in [-0.2, -0.15) is 0 Å². The fourth-order valence-corrected chi connectivity index (χ4v) is 3.71. The van der Waals surface area contributed by atoms with E-state index < -0.39 is 17.4 Å². The molecule has 2 unspecified atom stereocenters. The van der Waals surface area contributed by atoms with E-state index >= 15 is 0 Å². The van der Waals surface area contributed by atoms with Crippen LogP contribution in [0, 0.1) is 5.41 Å². The number of ketones is 1. The van der Waals surface area contributed by atoms with Crippen LogP contribution in [0.3, 0.4) is 0 Å². The third-order valence-corrected chi connectivity index (χ3v) is 5.13. The molecule has 0 amide bonds. The van der Waals surface area contributed by atoms with Crippen molar-refractivity contribution in [2.45, 2.75) is 25.8 Å². The second-order valence-corrected chi connectivity index (χ2v) is 6.78. The molecule has 1 aliphatic carbocycles. The Bertz CT molecular complexity index is 896. The molecule has 6 heteroatoms. The van der Waals surface area contributed by atoms with E-state index in [1.54, 1.807) is 31.3 Å². The summed E-state index contributed by atoms with van der Waals surface area (Å²) in [4.78, 5) is 31.1. The van der Waals surface area contributed by atoms with Crippen LogP contribution in [-0.4, -0.2) is 29.9 Å². The van der Waals surface area contributed by atoms with Crippen molar-refractivity contribution in [3.63, 3.8) is 0 Å². The van der Waals surface area contributed by atoms with E-state index in [2.05, 4.69) is 16.9 Å². The number of aromatic nitrogens is 1. The van der Waals surface area contributed by atoms with Crippen molar-refractivity contribution < 1.29 is 14.3 Å². The van der Waals surface area contributed by atoms with Crippen LogP contribution in [0.4, 0.5) is 5.82 Å². The maximum absolute atomic E-state index is 13.7. The average Bonchev–Trinajstić information content (AvgIpc) is 3.02. The van der Waals surface area contributed by atoms with Gasteiger partial charge >= 0.3 is 5.97 Å². The Morgan fingerprint density at radius 1 is 1.36 bits per heavy atom. The Balaban J connectivity index is 2.05. The van der Waals surface area contributed by atoms with Gasteiger partial charge in [0, 0.05) is 12.7 Å². The average molecular weight is 379 g/mol. The predicted molar refractivity (Wildman–Crippen MR) is 108 cm³/mol. The van der Waals surface area contributed by atoms with Crippen molar-refractivity contribution in [3.05, 3.63) is 71.9 Å². The highest BCUT2D eigenvalue weighted by molar-refractivity contribution is 6.16. The van der Waals surface area contributed by atoms with Gasteiger partial charge in [0.25, 0.3) is 0 Å². The van der Waals surface area contributed by atoms with Crippen LogP contribution in [0.25, 0.3) is 0 Å². The first-order valence-electron chi connectivity index (χ1n) is 9.41. The van der Waals surface area contributed by atoms with Gasteiger partial charge in [0.1, 0.15) is 5.82 Å². The maximum Gasteiger partial charge on any atom is 0.322 e. The van der Waals surface area contributed by atoms with Crippen molar-refractivity contribution in [3.8, 4) is 0 Å². The van der Waals surface area contributed by atoms with Crippen LogP contribution in [0.15, 0.2) is 55.3 Å². The zero-order valence-corrected chi connectivity index (χ0v) is 16.0. The topological polar surface area (TPSA) is 94.3 Å². The number of carbonyl (C=O) groups excluding carboxylic acids is 2. The van der Waals surface area contributed by atoms with E-state index in [1.807, 2.05) is 24.3 Å². The Hall–Kier alpha value is -2.99. The number of Topliss-reactive ketones (excluding diaryl/α,β-unsaturated/α-hetero) is 1. The predicted octanol–water partition coefficient (Wildman–Crippen LogP) is 3.06. The van der Waals surface area contributed by atoms with Gasteiger partial charge < -0.3 is 15.8 Å². The van der Waals surface area contributed by atoms with Gasteiger partial charge in [-0.05, 0) is 43.0 Å². The summed E-state index contributed by atoms with van der Waals surface area (Å²) < 4.78 is 5.32. The van der Waals surface area contributed by atoms with E-state index in [0.29, 0.717) is 17.9 Å². The smallest absolute Gasteiger partial charge is 0.322 e. The monoisotopic (exact) mass is 379 g/mol. The number of hydrogen-bond donors (Lipinski definition) is 2. The van der Waals surface area contributed by atoms with E-state index in [1.165, 1.54) is 0 Å². The highest BCUT2D eigenvalue weighted by Gasteiger charge is 2.57. The second kappa shape index (κ2) is 8.35. The minimum Gasteiger partial charge on any atom is -0.465 e. The fourth-order valence-electron chi connectivity index (χ4n) is 3.71. The minimum absolute atomic E-state index is 0.175. The van der Waals surface area contributed by atoms with Crippen LogP contribution in [0.1, 0.15) is 40.9 Å². The van der Waals surface area contributed by atoms with E-state index in [9.17, 15) is 9.59 Å². The molecule has 3 rings (SSSR count). The molecule has 0 aliphatic heterocycles. The van der Waals surface area contributed by atoms with Gasteiger partial charge in [-0.15, -0.1) is 6.58 Å². The molecule has 1 heterocycles. The number of nitrogens with one attached hydrogen (secondary N) is 1. The van der Waals surface area contributed by atoms with Crippen LogP contribution in [0.2, 0.25) is 0 Å². The molecule has 1 aromatic carbocycles. The lowest BCUT2D eigenvalue weighted by Gasteiger charge is -2.30. The molecule has 6 nitrogen and oxygen atoms in total. The quantitative estimate of drug-likeness (QED) is 0.241. The van der Waals surface area contributed by atoms with Gasteiger partial charge in [0.05, 0.1) is 18.2 Å². The number of anilines is 1. The number of hydrogen-bond acceptors (Lipinski definition) is 6. The number of nitrogens with zero attached hydrogens (tertiary/aromatic N) is 1. The van der Waals surface area contributed by atoms with E-state index in [-0.39, 0.29) is 18.8 Å². The lowest BCUT2D eigenvalue weighted by Crippen LogP contribution is -2.47. The Morgan fingerprint density at radius 2 is 2.14 bits per heavy atom. The third-order valence-electron chi connectivity index (χ3n) is 5.13. The first-order valence-corrected chi connectivity index (χ1v) is 9.41. The number of pyridine rings is 1. The summed E-state index contributed by atoms with van der Waals surface area (Å²) in [6, 6.07) is 10.1. The van der Waals surface area contributed by atoms with Crippen LogP contribution in [-0.2, 0) is 16.0 Å². The summed E-state index contributed by atoms with van der Waals surface area (Å²) in [5, 5.41) is 3.15. The van der Waals surface area contributed by atoms with Crippen LogP contribution in [0.5, 0.6) is 0 Å². The molecule has 0 saturated carbocycles. The molecular formula is C22H25N3O3. The number of ether oxygens (including phenoxy) is 1. The summed E-state index contributed by atoms with van der Waals surface area (Å²) in [5.74, 6) is -0.533. The minimum atomic E-state index is -1.50. The highest BCUT2D eigenvalue weighted by atomic mass is 16.5. The summed E-state index contributed by atoms with van der Waals surface area (Å²) in [6.45, 7) is 6.17. The lowest BCUT2D eigenvalue weighted by molar-refractivity contribution is -0.153. The first kappa shape index (κ1) is 19.8. The van der Waals surface area contributed by atoms with Crippen molar-refractivity contribution in [1.29, 1.82) is 0 Å². The molecule has 1 aliphatic rings. The number of rotatable bonds is 8. The number of carbonyl (C=O) groups is 2. The second-order valence-electron chi connectivity index (χ2n) is 6.78. The van der Waals surface area contributed by atoms with Gasteiger partial charge in [-0.3, -0.25) is 9.59 Å². The molecule has 2 aromatic rings. The molecule has 146 valence electrons. The molecule has 2 atom stereocenters. The normalized spacial score (nSPS) is 20.3. The molecule has 1 aromatic heterocycles. The van der Waals surface area contributed by atoms with Crippen LogP contribution >= 0.6 is 0 Å². The van der Waals surface area contributed by atoms with Crippen molar-refractivity contribution in [1.82, 2.24) is 4.98 Å². The molecule has 0 fully saturated rings. The van der Waals surface area contributed by atoms with Gasteiger partial charge in [0.2, 0.25) is 0 Å². The summed E-state index contributed by atoms with van der Waals surface area (Å²) >= 11 is 0. The maximum atomic E-state index is 13.7. The lowest BCUT2D eigenvalue weighted by atomic mass is 9.74. The van der Waals surface area contributed by atoms with Crippen molar-refractivity contribution >= 4 is 17.6 Å². The Morgan fingerprint density at radius 3 is 2.86 bits per heavy atom. The molecule has 28 heavy (non-hydrogen) atoms. The van der Waals surface area contributed by atoms with Crippen LogP contribution < -0.4 is 11.1 Å². The molecule has 0 spiro atoms. The van der Waals surface area contributed by atoms with Gasteiger partial charge in [0.15, 0.2) is 11.2 Å². The van der Waals surface area contributed by atoms with Gasteiger partial charge in [-0.25, -0.2) is 4.98 Å². The fraction of sp³-hybridized carbons (Fsp3) is 0.318. The zero-order chi connectivity index (χ0) is 20.1. The summed E-state index contributed by atoms with van der Waals surface area (Å²) in [5.41, 5.74) is 7.01. The summed E-state index contributed by atoms with van der Waals surface area (Å²) in [6.07, 6.45) is 4.32. The van der Waals surface area contributed by atoms with Gasteiger partial charge in [-0.1, -0.05) is 30.3 Å². The molecule has 0 bridgehead atoms. The zero-order valence-electron chi connectivity index (χ0n) is 16.0. The molecule has 0 saturated heterocycles. The van der Waals surface area contributed by atoms with Crippen molar-refractivity contribution in [2.75, 3.05) is 18.5 Å². The summed E-state index contributed by atoms with van der Waals surface area (Å²) in [7, 11) is 0. The number of nitrogens with two attached hydrogens (primary N) is 1. The Labute approximate surface area is 164 Å².